The average Bonchev–Trinajstić information content (AvgIpc) is 1.94. The van der Waals surface area contributed by atoms with Crippen LogP contribution in [0.15, 0.2) is 12.1 Å². The largest absolute Gasteiger partial charge is 0.241 e. The fourth-order valence-corrected chi connectivity index (χ4v) is 0.766. The van der Waals surface area contributed by atoms with Crippen LogP contribution in [0.25, 0.3) is 0 Å². The number of pyridine rings is 1. The quantitative estimate of drug-likeness (QED) is 0.570. The Morgan fingerprint density at radius 1 is 1.60 bits per heavy atom. The van der Waals surface area contributed by atoms with E-state index in [1.54, 1.807) is 12.1 Å². The number of aromatic nitrogens is 1. The molecule has 0 atom stereocenters. The number of halogens is 1. The summed E-state index contributed by atoms with van der Waals surface area (Å²) in [6.07, 6.45) is 0. The monoisotopic (exact) mass is 152 g/mol. The van der Waals surface area contributed by atoms with E-state index >= 15 is 0 Å². The van der Waals surface area contributed by atoms with E-state index in [1.165, 1.54) is 0 Å². The first kappa shape index (κ1) is 7.04. The zero-order valence-corrected chi connectivity index (χ0v) is 6.18. The van der Waals surface area contributed by atoms with Gasteiger partial charge in [0.15, 0.2) is 5.69 Å². The van der Waals surface area contributed by atoms with Crippen LogP contribution < -0.4 is 0 Å². The minimum Gasteiger partial charge on any atom is -0.241 e. The van der Waals surface area contributed by atoms with Crippen molar-refractivity contribution < 1.29 is 0 Å². The van der Waals surface area contributed by atoms with Crippen LogP contribution in [0, 0.1) is 18.3 Å². The molecule has 0 saturated carbocycles. The van der Waals surface area contributed by atoms with E-state index in [-0.39, 0.29) is 0 Å². The molecule has 0 N–H and O–H groups in total. The molecule has 0 unspecified atom stereocenters. The molecule has 0 aliphatic heterocycles. The summed E-state index contributed by atoms with van der Waals surface area (Å²) in [4.78, 5) is 3.90. The first-order valence-electron chi connectivity index (χ1n) is 2.77. The Labute approximate surface area is 64.1 Å². The Balaban J connectivity index is 3.25. The minimum atomic E-state index is 0.293. The van der Waals surface area contributed by atoms with Crippen LogP contribution in [0.3, 0.4) is 0 Å². The molecule has 0 fully saturated rings. The van der Waals surface area contributed by atoms with Gasteiger partial charge in [-0.3, -0.25) is 0 Å². The molecule has 0 aliphatic rings. The SMILES string of the molecule is Cc1ccc(Cl)c(C#N)n1. The predicted molar refractivity (Wildman–Crippen MR) is 38.7 cm³/mol. The molecule has 0 amide bonds. The summed E-state index contributed by atoms with van der Waals surface area (Å²) < 4.78 is 0. The summed E-state index contributed by atoms with van der Waals surface area (Å²) in [5.41, 5.74) is 1.10. The van der Waals surface area contributed by atoms with Crippen LogP contribution in [-0.2, 0) is 0 Å². The molecule has 50 valence electrons. The van der Waals surface area contributed by atoms with Crippen LogP contribution in [0.2, 0.25) is 5.02 Å². The van der Waals surface area contributed by atoms with Crippen molar-refractivity contribution in [3.63, 3.8) is 0 Å². The summed E-state index contributed by atoms with van der Waals surface area (Å²) >= 11 is 5.61. The van der Waals surface area contributed by atoms with Crippen molar-refractivity contribution in [2.75, 3.05) is 0 Å². The smallest absolute Gasteiger partial charge is 0.159 e. The van der Waals surface area contributed by atoms with Crippen molar-refractivity contribution in [1.29, 1.82) is 5.26 Å². The Kier molecular flexibility index (Phi) is 1.88. The first-order valence-corrected chi connectivity index (χ1v) is 3.15. The molecular formula is C7H5ClN2. The predicted octanol–water partition coefficient (Wildman–Crippen LogP) is 1.92. The van der Waals surface area contributed by atoms with Crippen LogP contribution in [0.1, 0.15) is 11.4 Å². The second-order valence-corrected chi connectivity index (χ2v) is 2.30. The van der Waals surface area contributed by atoms with E-state index in [0.29, 0.717) is 10.7 Å². The number of nitriles is 1. The molecule has 3 heteroatoms. The van der Waals surface area contributed by atoms with Crippen LogP contribution in [0.4, 0.5) is 0 Å². The molecule has 0 aliphatic carbocycles. The lowest BCUT2D eigenvalue weighted by atomic mass is 10.3. The normalized spacial score (nSPS) is 8.90. The average molecular weight is 153 g/mol. The van der Waals surface area contributed by atoms with Gasteiger partial charge in [-0.05, 0) is 19.1 Å². The fraction of sp³-hybridized carbons (Fsp3) is 0.143. The van der Waals surface area contributed by atoms with Crippen LogP contribution in [-0.4, -0.2) is 4.98 Å². The van der Waals surface area contributed by atoms with E-state index in [2.05, 4.69) is 4.98 Å². The molecule has 0 saturated heterocycles. The van der Waals surface area contributed by atoms with Crippen LogP contribution >= 0.6 is 11.6 Å². The molecule has 2 nitrogen and oxygen atoms in total. The van der Waals surface area contributed by atoms with Crippen LogP contribution in [0.5, 0.6) is 0 Å². The van der Waals surface area contributed by atoms with E-state index in [0.717, 1.165) is 5.69 Å². The molecule has 0 bridgehead atoms. The van der Waals surface area contributed by atoms with Crippen molar-refractivity contribution in [2.45, 2.75) is 6.92 Å². The van der Waals surface area contributed by atoms with Crippen molar-refractivity contribution in [1.82, 2.24) is 4.98 Å². The van der Waals surface area contributed by atoms with E-state index in [4.69, 9.17) is 16.9 Å². The Bertz CT molecular complexity index is 288. The Hall–Kier alpha value is -1.07. The highest BCUT2D eigenvalue weighted by atomic mass is 35.5. The van der Waals surface area contributed by atoms with Gasteiger partial charge in [-0.25, -0.2) is 4.98 Å². The minimum absolute atomic E-state index is 0.293. The molecule has 0 spiro atoms. The number of rotatable bonds is 0. The fourth-order valence-electron chi connectivity index (χ4n) is 0.618. The molecule has 1 rings (SSSR count). The van der Waals surface area contributed by atoms with E-state index < -0.39 is 0 Å². The molecular weight excluding hydrogens is 148 g/mol. The van der Waals surface area contributed by atoms with Gasteiger partial charge < -0.3 is 0 Å². The Morgan fingerprint density at radius 2 is 2.30 bits per heavy atom. The lowest BCUT2D eigenvalue weighted by Crippen LogP contribution is -1.86. The molecule has 1 aromatic rings. The molecule has 1 heterocycles. The highest BCUT2D eigenvalue weighted by Gasteiger charge is 1.98. The van der Waals surface area contributed by atoms with Gasteiger partial charge in [-0.15, -0.1) is 0 Å². The first-order chi connectivity index (χ1) is 4.74. The van der Waals surface area contributed by atoms with Crippen molar-refractivity contribution in [3.8, 4) is 6.07 Å². The zero-order chi connectivity index (χ0) is 7.56. The lowest BCUT2D eigenvalue weighted by Gasteiger charge is -1.93. The topological polar surface area (TPSA) is 36.7 Å². The molecule has 0 radical (unpaired) electrons. The van der Waals surface area contributed by atoms with Gasteiger partial charge in [0.25, 0.3) is 0 Å². The summed E-state index contributed by atoms with van der Waals surface area (Å²) in [7, 11) is 0. The van der Waals surface area contributed by atoms with Gasteiger partial charge in [0.05, 0.1) is 5.02 Å². The number of hydrogen-bond donors (Lipinski definition) is 0. The third-order valence-electron chi connectivity index (χ3n) is 1.09. The van der Waals surface area contributed by atoms with Gasteiger partial charge >= 0.3 is 0 Å². The van der Waals surface area contributed by atoms with Gasteiger partial charge in [-0.2, -0.15) is 5.26 Å². The summed E-state index contributed by atoms with van der Waals surface area (Å²) in [5.74, 6) is 0. The van der Waals surface area contributed by atoms with Gasteiger partial charge in [0, 0.05) is 5.69 Å². The third kappa shape index (κ3) is 1.26. The highest BCUT2D eigenvalue weighted by Crippen LogP contribution is 2.11. The summed E-state index contributed by atoms with van der Waals surface area (Å²) in [6, 6.07) is 5.33. The Morgan fingerprint density at radius 3 is 2.80 bits per heavy atom. The standard InChI is InChI=1S/C7H5ClN2/c1-5-2-3-6(8)7(4-9)10-5/h2-3H,1H3. The van der Waals surface area contributed by atoms with E-state index in [1.807, 2.05) is 13.0 Å². The number of aryl methyl sites for hydroxylation is 1. The third-order valence-corrected chi connectivity index (χ3v) is 1.40. The van der Waals surface area contributed by atoms with Gasteiger partial charge in [-0.1, -0.05) is 11.6 Å². The highest BCUT2D eigenvalue weighted by molar-refractivity contribution is 6.31. The molecule has 0 aromatic carbocycles. The lowest BCUT2D eigenvalue weighted by molar-refractivity contribution is 1.17. The number of hydrogen-bond acceptors (Lipinski definition) is 2. The van der Waals surface area contributed by atoms with Gasteiger partial charge in [0.1, 0.15) is 6.07 Å². The number of nitrogens with zero attached hydrogens (tertiary/aromatic N) is 2. The maximum absolute atomic E-state index is 8.45. The van der Waals surface area contributed by atoms with Gasteiger partial charge in [0.2, 0.25) is 0 Å². The zero-order valence-electron chi connectivity index (χ0n) is 5.43. The maximum Gasteiger partial charge on any atom is 0.159 e. The van der Waals surface area contributed by atoms with E-state index in [9.17, 15) is 0 Å². The maximum atomic E-state index is 8.45. The summed E-state index contributed by atoms with van der Waals surface area (Å²) in [6.45, 7) is 1.82. The van der Waals surface area contributed by atoms with Crippen molar-refractivity contribution in [3.05, 3.63) is 28.5 Å². The van der Waals surface area contributed by atoms with Crippen molar-refractivity contribution in [2.24, 2.45) is 0 Å². The molecule has 1 aromatic heterocycles. The summed E-state index contributed by atoms with van der Waals surface area (Å²) in [5, 5.41) is 8.86. The second-order valence-electron chi connectivity index (χ2n) is 1.89. The molecule has 10 heavy (non-hydrogen) atoms. The van der Waals surface area contributed by atoms with Crippen molar-refractivity contribution >= 4 is 11.6 Å². The second kappa shape index (κ2) is 2.68.